The van der Waals surface area contributed by atoms with Gasteiger partial charge in [0.1, 0.15) is 4.88 Å². The molecular formula is C13H11NO3S. The normalized spacial score (nSPS) is 10.1. The third-order valence-corrected chi connectivity index (χ3v) is 3.36. The summed E-state index contributed by atoms with van der Waals surface area (Å²) in [6.07, 6.45) is 0. The molecule has 5 heteroatoms. The highest BCUT2D eigenvalue weighted by atomic mass is 32.1. The maximum absolute atomic E-state index is 11.9. The molecule has 0 aliphatic carbocycles. The van der Waals surface area contributed by atoms with E-state index in [0.717, 1.165) is 16.9 Å². The number of aryl methyl sites for hydroxylation is 1. The molecule has 1 aromatic carbocycles. The summed E-state index contributed by atoms with van der Waals surface area (Å²) in [7, 11) is 0. The van der Waals surface area contributed by atoms with Gasteiger partial charge in [-0.2, -0.15) is 0 Å². The molecule has 2 N–H and O–H groups in total. The number of thiophene rings is 1. The van der Waals surface area contributed by atoms with Crippen molar-refractivity contribution >= 4 is 28.2 Å². The van der Waals surface area contributed by atoms with Crippen LogP contribution >= 0.6 is 11.3 Å². The first kappa shape index (κ1) is 12.3. The first-order valence-electron chi connectivity index (χ1n) is 5.27. The van der Waals surface area contributed by atoms with Gasteiger partial charge in [0, 0.05) is 5.56 Å². The van der Waals surface area contributed by atoms with Crippen LogP contribution in [-0.4, -0.2) is 17.0 Å². The van der Waals surface area contributed by atoms with Gasteiger partial charge in [0.2, 0.25) is 0 Å². The number of carboxylic acid groups (broad SMARTS) is 1. The number of anilines is 1. The van der Waals surface area contributed by atoms with Gasteiger partial charge in [0.05, 0.1) is 5.00 Å². The molecule has 2 rings (SSSR count). The van der Waals surface area contributed by atoms with Gasteiger partial charge in [-0.05, 0) is 31.2 Å². The molecule has 0 saturated carbocycles. The highest BCUT2D eigenvalue weighted by molar-refractivity contribution is 7.18. The van der Waals surface area contributed by atoms with Crippen molar-refractivity contribution < 1.29 is 14.7 Å². The summed E-state index contributed by atoms with van der Waals surface area (Å²) in [6, 6.07) is 10.2. The molecule has 2 aromatic rings. The van der Waals surface area contributed by atoms with E-state index >= 15 is 0 Å². The van der Waals surface area contributed by atoms with Crippen molar-refractivity contribution in [2.24, 2.45) is 0 Å². The second kappa shape index (κ2) is 5.01. The van der Waals surface area contributed by atoms with Crippen LogP contribution in [-0.2, 0) is 0 Å². The predicted molar refractivity (Wildman–Crippen MR) is 70.4 cm³/mol. The lowest BCUT2D eigenvalue weighted by Gasteiger charge is -2.02. The fourth-order valence-corrected chi connectivity index (χ4v) is 2.15. The lowest BCUT2D eigenvalue weighted by atomic mass is 10.1. The molecule has 0 radical (unpaired) electrons. The Hall–Kier alpha value is -2.14. The molecule has 18 heavy (non-hydrogen) atoms. The zero-order valence-corrected chi connectivity index (χ0v) is 10.5. The van der Waals surface area contributed by atoms with Crippen LogP contribution in [0.3, 0.4) is 0 Å². The van der Waals surface area contributed by atoms with E-state index in [1.165, 1.54) is 6.07 Å². The van der Waals surface area contributed by atoms with E-state index in [1.54, 1.807) is 18.2 Å². The van der Waals surface area contributed by atoms with Crippen molar-refractivity contribution in [3.63, 3.8) is 0 Å². The van der Waals surface area contributed by atoms with Crippen molar-refractivity contribution in [1.29, 1.82) is 0 Å². The highest BCUT2D eigenvalue weighted by Crippen LogP contribution is 2.22. The first-order chi connectivity index (χ1) is 8.56. The van der Waals surface area contributed by atoms with Crippen LogP contribution in [0.15, 0.2) is 36.4 Å². The summed E-state index contributed by atoms with van der Waals surface area (Å²) in [4.78, 5) is 22.8. The molecule has 1 amide bonds. The zero-order chi connectivity index (χ0) is 13.1. The smallest absolute Gasteiger partial charge is 0.345 e. The van der Waals surface area contributed by atoms with Gasteiger partial charge in [-0.3, -0.25) is 4.79 Å². The predicted octanol–water partition coefficient (Wildman–Crippen LogP) is 3.01. The van der Waals surface area contributed by atoms with Crippen LogP contribution in [0, 0.1) is 6.92 Å². The lowest BCUT2D eigenvalue weighted by molar-refractivity contribution is 0.0702. The number of carboxylic acids is 1. The number of benzene rings is 1. The molecule has 0 spiro atoms. The van der Waals surface area contributed by atoms with Crippen LogP contribution in [0.4, 0.5) is 5.00 Å². The highest BCUT2D eigenvalue weighted by Gasteiger charge is 2.10. The van der Waals surface area contributed by atoms with Gasteiger partial charge < -0.3 is 10.4 Å². The summed E-state index contributed by atoms with van der Waals surface area (Å²) in [5.41, 5.74) is 1.63. The third-order valence-electron chi connectivity index (χ3n) is 2.37. The fourth-order valence-electron chi connectivity index (χ4n) is 1.41. The van der Waals surface area contributed by atoms with Crippen LogP contribution in [0.1, 0.15) is 25.6 Å². The molecule has 0 aliphatic rings. The van der Waals surface area contributed by atoms with Crippen LogP contribution in [0.25, 0.3) is 0 Å². The summed E-state index contributed by atoms with van der Waals surface area (Å²) in [5, 5.41) is 12.0. The molecule has 92 valence electrons. The second-order valence-electron chi connectivity index (χ2n) is 3.79. The summed E-state index contributed by atoms with van der Waals surface area (Å²) >= 11 is 1.04. The first-order valence-corrected chi connectivity index (χ1v) is 6.09. The monoisotopic (exact) mass is 261 g/mol. The van der Waals surface area contributed by atoms with Gasteiger partial charge >= 0.3 is 5.97 Å². The van der Waals surface area contributed by atoms with E-state index in [0.29, 0.717) is 10.6 Å². The Morgan fingerprint density at radius 1 is 1.11 bits per heavy atom. The number of aromatic carboxylic acids is 1. The standard InChI is InChI=1S/C13H11NO3S/c1-8-2-4-9(5-3-8)12(15)14-11-7-6-10(18-11)13(16)17/h2-7H,1H3,(H,14,15)(H,16,17). The lowest BCUT2D eigenvalue weighted by Crippen LogP contribution is -2.10. The number of nitrogens with one attached hydrogen (secondary N) is 1. The van der Waals surface area contributed by atoms with Gasteiger partial charge in [0.25, 0.3) is 5.91 Å². The number of carbonyl (C=O) groups is 2. The van der Waals surface area contributed by atoms with Gasteiger partial charge in [-0.25, -0.2) is 4.79 Å². The molecule has 0 fully saturated rings. The average Bonchev–Trinajstić information content (AvgIpc) is 2.78. The maximum atomic E-state index is 11.9. The molecule has 1 heterocycles. The van der Waals surface area contributed by atoms with Gasteiger partial charge in [-0.15, -0.1) is 11.3 Å². The van der Waals surface area contributed by atoms with Gasteiger partial charge in [-0.1, -0.05) is 17.7 Å². The van der Waals surface area contributed by atoms with Crippen molar-refractivity contribution in [3.05, 3.63) is 52.4 Å². The molecule has 1 aromatic heterocycles. The van der Waals surface area contributed by atoms with Crippen molar-refractivity contribution in [1.82, 2.24) is 0 Å². The van der Waals surface area contributed by atoms with E-state index < -0.39 is 5.97 Å². The van der Waals surface area contributed by atoms with Crippen LogP contribution in [0.5, 0.6) is 0 Å². The third kappa shape index (κ3) is 2.75. The minimum Gasteiger partial charge on any atom is -0.477 e. The van der Waals surface area contributed by atoms with E-state index in [9.17, 15) is 9.59 Å². The molecule has 0 unspecified atom stereocenters. The van der Waals surface area contributed by atoms with Crippen molar-refractivity contribution in [3.8, 4) is 0 Å². The molecule has 0 atom stereocenters. The number of hydrogen-bond acceptors (Lipinski definition) is 3. The van der Waals surface area contributed by atoms with Gasteiger partial charge in [0.15, 0.2) is 0 Å². The Labute approximate surface area is 108 Å². The Balaban J connectivity index is 2.11. The van der Waals surface area contributed by atoms with Crippen molar-refractivity contribution in [2.45, 2.75) is 6.92 Å². The SMILES string of the molecule is Cc1ccc(C(=O)Nc2ccc(C(=O)O)s2)cc1. The second-order valence-corrected chi connectivity index (χ2v) is 4.87. The number of carbonyl (C=O) groups excluding carboxylic acids is 1. The van der Waals surface area contributed by atoms with E-state index in [1.807, 2.05) is 19.1 Å². The maximum Gasteiger partial charge on any atom is 0.345 e. The fraction of sp³-hybridized carbons (Fsp3) is 0.0769. The number of rotatable bonds is 3. The zero-order valence-electron chi connectivity index (χ0n) is 9.64. The summed E-state index contributed by atoms with van der Waals surface area (Å²) in [5.74, 6) is -1.23. The van der Waals surface area contributed by atoms with Crippen LogP contribution in [0.2, 0.25) is 0 Å². The minimum atomic E-state index is -0.990. The minimum absolute atomic E-state index is 0.203. The van der Waals surface area contributed by atoms with Crippen molar-refractivity contribution in [2.75, 3.05) is 5.32 Å². The Kier molecular flexibility index (Phi) is 3.43. The van der Waals surface area contributed by atoms with Crippen LogP contribution < -0.4 is 5.32 Å². The summed E-state index contributed by atoms with van der Waals surface area (Å²) < 4.78 is 0. The molecule has 0 aliphatic heterocycles. The Morgan fingerprint density at radius 2 is 1.78 bits per heavy atom. The molecular weight excluding hydrogens is 250 g/mol. The number of hydrogen-bond donors (Lipinski definition) is 2. The van der Waals surface area contributed by atoms with E-state index in [-0.39, 0.29) is 10.8 Å². The molecule has 0 bridgehead atoms. The molecule has 0 saturated heterocycles. The van der Waals surface area contributed by atoms with E-state index in [4.69, 9.17) is 5.11 Å². The quantitative estimate of drug-likeness (QED) is 0.892. The average molecular weight is 261 g/mol. The molecule has 4 nitrogen and oxygen atoms in total. The Bertz CT molecular complexity index is 587. The largest absolute Gasteiger partial charge is 0.477 e. The summed E-state index contributed by atoms with van der Waals surface area (Å²) in [6.45, 7) is 1.94. The Morgan fingerprint density at radius 3 is 2.33 bits per heavy atom. The number of amides is 1. The van der Waals surface area contributed by atoms with E-state index in [2.05, 4.69) is 5.32 Å². The topological polar surface area (TPSA) is 66.4 Å².